The van der Waals surface area contributed by atoms with Crippen molar-refractivity contribution in [2.24, 2.45) is 0 Å². The molecule has 2 heterocycles. The second kappa shape index (κ2) is 8.22. The van der Waals surface area contributed by atoms with E-state index < -0.39 is 0 Å². The normalized spacial score (nSPS) is 19.8. The Morgan fingerprint density at radius 3 is 2.70 bits per heavy atom. The van der Waals surface area contributed by atoms with Crippen molar-refractivity contribution in [2.45, 2.75) is 39.5 Å². The number of nitrogens with one attached hydrogen (secondary N) is 1. The molecule has 1 N–H and O–H groups in total. The van der Waals surface area contributed by atoms with E-state index in [1.807, 2.05) is 25.7 Å². The fraction of sp³-hybridized carbons (Fsp3) is 0.474. The number of amides is 2. The van der Waals surface area contributed by atoms with Crippen molar-refractivity contribution in [3.8, 4) is 0 Å². The van der Waals surface area contributed by atoms with Gasteiger partial charge in [0.2, 0.25) is 0 Å². The van der Waals surface area contributed by atoms with E-state index >= 15 is 0 Å². The largest absolute Gasteiger partial charge is 0.372 e. The molecule has 2 amide bonds. The van der Waals surface area contributed by atoms with Crippen LogP contribution in [0.15, 0.2) is 24.4 Å². The van der Waals surface area contributed by atoms with Crippen LogP contribution in [0, 0.1) is 12.7 Å². The van der Waals surface area contributed by atoms with Gasteiger partial charge >= 0.3 is 6.03 Å². The van der Waals surface area contributed by atoms with E-state index in [1.54, 1.807) is 41.6 Å². The summed E-state index contributed by atoms with van der Waals surface area (Å²) in [6.45, 7) is 7.63. The lowest BCUT2D eigenvalue weighted by atomic mass is 10.2. The number of hydrogen-bond donors (Lipinski definition) is 1. The summed E-state index contributed by atoms with van der Waals surface area (Å²) in [7, 11) is 1.70. The molecule has 1 fully saturated rings. The number of rotatable bonds is 4. The van der Waals surface area contributed by atoms with Crippen molar-refractivity contribution in [2.75, 3.05) is 30.4 Å². The van der Waals surface area contributed by atoms with Gasteiger partial charge in [-0.25, -0.2) is 14.2 Å². The van der Waals surface area contributed by atoms with E-state index in [2.05, 4.69) is 10.3 Å². The number of thiazole rings is 1. The molecule has 27 heavy (non-hydrogen) atoms. The molecule has 1 aliphatic rings. The van der Waals surface area contributed by atoms with Crippen molar-refractivity contribution in [1.82, 2.24) is 9.88 Å². The van der Waals surface area contributed by atoms with Gasteiger partial charge in [0.05, 0.1) is 29.4 Å². The molecule has 1 aliphatic heterocycles. The summed E-state index contributed by atoms with van der Waals surface area (Å²) in [5, 5.41) is 3.71. The van der Waals surface area contributed by atoms with Crippen LogP contribution in [0.2, 0.25) is 0 Å². The van der Waals surface area contributed by atoms with Gasteiger partial charge in [0, 0.05) is 36.9 Å². The topological polar surface area (TPSA) is 57.7 Å². The highest BCUT2D eigenvalue weighted by atomic mass is 32.1. The van der Waals surface area contributed by atoms with E-state index in [4.69, 9.17) is 4.74 Å². The van der Waals surface area contributed by atoms with Gasteiger partial charge in [0.1, 0.15) is 5.82 Å². The van der Waals surface area contributed by atoms with E-state index in [-0.39, 0.29) is 24.1 Å². The molecule has 1 saturated heterocycles. The average molecular weight is 393 g/mol. The van der Waals surface area contributed by atoms with Crippen LogP contribution in [-0.2, 0) is 11.3 Å². The molecule has 0 aliphatic carbocycles. The number of aromatic nitrogens is 1. The Morgan fingerprint density at radius 2 is 2.11 bits per heavy atom. The minimum atomic E-state index is -0.352. The predicted octanol–water partition coefficient (Wildman–Crippen LogP) is 3.87. The van der Waals surface area contributed by atoms with Gasteiger partial charge in [0.15, 0.2) is 0 Å². The minimum absolute atomic E-state index is 0.0524. The maximum absolute atomic E-state index is 14.6. The number of hydrogen-bond acceptors (Lipinski definition) is 5. The highest BCUT2D eigenvalue weighted by Crippen LogP contribution is 2.26. The van der Waals surface area contributed by atoms with E-state index in [9.17, 15) is 9.18 Å². The van der Waals surface area contributed by atoms with Gasteiger partial charge in [-0.05, 0) is 39.0 Å². The molecule has 0 spiro atoms. The van der Waals surface area contributed by atoms with Crippen LogP contribution in [0.4, 0.5) is 20.6 Å². The standard InChI is InChI=1S/C19H25FN4O2S/c1-12-9-24(10-13(2)26-12)18-6-5-15(7-17(18)20)22-19(25)23(4)11-16-8-21-14(3)27-16/h5-8,12-13H,9-11H2,1-4H3,(H,22,25)/t12-,13-/m0/s1. The zero-order chi connectivity index (χ0) is 19.6. The molecule has 2 aromatic rings. The number of morpholine rings is 1. The van der Waals surface area contributed by atoms with Crippen molar-refractivity contribution < 1.29 is 13.9 Å². The number of nitrogens with zero attached hydrogens (tertiary/aromatic N) is 3. The lowest BCUT2D eigenvalue weighted by Crippen LogP contribution is -2.45. The van der Waals surface area contributed by atoms with Crippen LogP contribution in [0.5, 0.6) is 0 Å². The molecular formula is C19H25FN4O2S. The number of carbonyl (C=O) groups excluding carboxylic acids is 1. The van der Waals surface area contributed by atoms with Crippen molar-refractivity contribution in [1.29, 1.82) is 0 Å². The highest BCUT2D eigenvalue weighted by molar-refractivity contribution is 7.11. The number of carbonyl (C=O) groups is 1. The molecule has 0 radical (unpaired) electrons. The lowest BCUT2D eigenvalue weighted by Gasteiger charge is -2.37. The molecule has 146 valence electrons. The molecular weight excluding hydrogens is 367 g/mol. The maximum atomic E-state index is 14.6. The van der Waals surface area contributed by atoms with Crippen molar-refractivity contribution in [3.05, 3.63) is 40.1 Å². The Morgan fingerprint density at radius 1 is 1.41 bits per heavy atom. The maximum Gasteiger partial charge on any atom is 0.321 e. The minimum Gasteiger partial charge on any atom is -0.372 e. The van der Waals surface area contributed by atoms with Crippen LogP contribution in [0.3, 0.4) is 0 Å². The first-order valence-electron chi connectivity index (χ1n) is 8.95. The first-order valence-corrected chi connectivity index (χ1v) is 9.77. The number of halogens is 1. The number of aryl methyl sites for hydroxylation is 1. The fourth-order valence-corrected chi connectivity index (χ4v) is 4.07. The first-order chi connectivity index (χ1) is 12.8. The number of benzene rings is 1. The second-order valence-corrected chi connectivity index (χ2v) is 8.28. The molecule has 1 aromatic carbocycles. The van der Waals surface area contributed by atoms with Crippen LogP contribution >= 0.6 is 11.3 Å². The summed E-state index contributed by atoms with van der Waals surface area (Å²) in [6, 6.07) is 4.51. The Kier molecular flexibility index (Phi) is 5.96. The third-order valence-electron chi connectivity index (χ3n) is 4.37. The van der Waals surface area contributed by atoms with Gasteiger partial charge in [0.25, 0.3) is 0 Å². The summed E-state index contributed by atoms with van der Waals surface area (Å²) in [6.07, 6.45) is 1.87. The molecule has 2 atom stereocenters. The molecule has 0 bridgehead atoms. The van der Waals surface area contributed by atoms with Gasteiger partial charge in [-0.1, -0.05) is 0 Å². The third-order valence-corrected chi connectivity index (χ3v) is 5.27. The van der Waals surface area contributed by atoms with Gasteiger partial charge in [-0.15, -0.1) is 11.3 Å². The number of anilines is 2. The van der Waals surface area contributed by atoms with Crippen molar-refractivity contribution in [3.63, 3.8) is 0 Å². The van der Waals surface area contributed by atoms with Crippen LogP contribution in [-0.4, -0.2) is 48.3 Å². The summed E-state index contributed by atoms with van der Waals surface area (Å²) in [5.41, 5.74) is 0.964. The lowest BCUT2D eigenvalue weighted by molar-refractivity contribution is -0.00539. The van der Waals surface area contributed by atoms with E-state index in [0.29, 0.717) is 31.0 Å². The molecule has 1 aromatic heterocycles. The summed E-state index contributed by atoms with van der Waals surface area (Å²) >= 11 is 1.55. The zero-order valence-corrected chi connectivity index (χ0v) is 16.8. The third kappa shape index (κ3) is 4.95. The molecule has 6 nitrogen and oxygen atoms in total. The average Bonchev–Trinajstić information content (AvgIpc) is 2.98. The van der Waals surface area contributed by atoms with Crippen LogP contribution in [0.1, 0.15) is 23.7 Å². The Labute approximate surface area is 163 Å². The predicted molar refractivity (Wildman–Crippen MR) is 106 cm³/mol. The molecule has 3 rings (SSSR count). The summed E-state index contributed by atoms with van der Waals surface area (Å²) in [4.78, 5) is 21.1. The van der Waals surface area contributed by atoms with Crippen LogP contribution in [0.25, 0.3) is 0 Å². The van der Waals surface area contributed by atoms with Crippen LogP contribution < -0.4 is 10.2 Å². The summed E-state index contributed by atoms with van der Waals surface area (Å²) < 4.78 is 20.3. The highest BCUT2D eigenvalue weighted by Gasteiger charge is 2.24. The first kappa shape index (κ1) is 19.6. The fourth-order valence-electron chi connectivity index (χ4n) is 3.22. The Bertz CT molecular complexity index is 803. The molecule has 8 heteroatoms. The number of ether oxygens (including phenoxy) is 1. The second-order valence-electron chi connectivity index (χ2n) is 6.96. The van der Waals surface area contributed by atoms with Gasteiger partial charge in [-0.2, -0.15) is 0 Å². The monoisotopic (exact) mass is 392 g/mol. The van der Waals surface area contributed by atoms with Crippen molar-refractivity contribution >= 4 is 28.7 Å². The zero-order valence-electron chi connectivity index (χ0n) is 16.0. The van der Waals surface area contributed by atoms with Gasteiger partial charge < -0.3 is 19.9 Å². The smallest absolute Gasteiger partial charge is 0.321 e. The Balaban J connectivity index is 1.63. The quantitative estimate of drug-likeness (QED) is 0.858. The van der Waals surface area contributed by atoms with E-state index in [0.717, 1.165) is 9.88 Å². The van der Waals surface area contributed by atoms with E-state index in [1.165, 1.54) is 6.07 Å². The van der Waals surface area contributed by atoms with Gasteiger partial charge in [-0.3, -0.25) is 0 Å². The molecule has 0 unspecified atom stereocenters. The Hall–Kier alpha value is -2.19. The summed E-state index contributed by atoms with van der Waals surface area (Å²) in [5.74, 6) is -0.352. The number of urea groups is 1. The SMILES string of the molecule is Cc1ncc(CN(C)C(=O)Nc2ccc(N3C[C@H](C)O[C@@H](C)C3)c(F)c2)s1. The molecule has 0 saturated carbocycles.